The number of carbonyl (C=O) groups excluding carboxylic acids is 1. The molecule has 0 saturated heterocycles. The van der Waals surface area contributed by atoms with Crippen molar-refractivity contribution in [2.45, 2.75) is 10.7 Å². The number of benzene rings is 2. The average Bonchev–Trinajstić information content (AvgIpc) is 2.64. The molecule has 0 radical (unpaired) electrons. The number of halogens is 3. The maximum absolute atomic E-state index is 12.7. The predicted molar refractivity (Wildman–Crippen MR) is 120 cm³/mol. The van der Waals surface area contributed by atoms with Crippen molar-refractivity contribution >= 4 is 64.2 Å². The zero-order valence-electron chi connectivity index (χ0n) is 15.7. The summed E-state index contributed by atoms with van der Waals surface area (Å²) in [4.78, 5) is 18.6. The number of rotatable bonds is 5. The molecular weight excluding hydrogens is 417 g/mol. The number of hydrogen-bond acceptors (Lipinski definition) is 3. The van der Waals surface area contributed by atoms with E-state index in [9.17, 15) is 9.90 Å². The second-order valence-corrected chi connectivity index (χ2v) is 8.64. The van der Waals surface area contributed by atoms with E-state index in [4.69, 9.17) is 34.8 Å². The summed E-state index contributed by atoms with van der Waals surface area (Å²) in [5.74, 6) is -0.784. The van der Waals surface area contributed by atoms with E-state index in [1.54, 1.807) is 14.1 Å². The number of nitrogens with zero attached hydrogens (tertiary/aromatic N) is 2. The number of carbonyl (C=O) groups is 1. The molecule has 0 aliphatic rings. The lowest BCUT2D eigenvalue weighted by atomic mass is 9.51. The first-order valence-electron chi connectivity index (χ1n) is 8.49. The summed E-state index contributed by atoms with van der Waals surface area (Å²) in [7, 11) is 3.10. The molecule has 0 fully saturated rings. The van der Waals surface area contributed by atoms with Crippen LogP contribution in [0, 0.1) is 0 Å². The third-order valence-electron chi connectivity index (χ3n) is 3.98. The average molecular weight is 438 g/mol. The highest BCUT2D eigenvalue weighted by molar-refractivity contribution is 6.87. The van der Waals surface area contributed by atoms with Crippen LogP contribution in [0.5, 0.6) is 0 Å². The summed E-state index contributed by atoms with van der Waals surface area (Å²) in [6, 6.07) is 18.9. The van der Waals surface area contributed by atoms with Gasteiger partial charge in [0.05, 0.1) is 5.71 Å². The van der Waals surface area contributed by atoms with Crippen LogP contribution in [0.15, 0.2) is 76.9 Å². The van der Waals surface area contributed by atoms with Crippen molar-refractivity contribution in [1.29, 1.82) is 0 Å². The zero-order chi connectivity index (χ0) is 20.9. The normalized spacial score (nSPS) is 13.0. The van der Waals surface area contributed by atoms with Crippen molar-refractivity contribution in [3.8, 4) is 0 Å². The lowest BCUT2D eigenvalue weighted by Gasteiger charge is -2.23. The van der Waals surface area contributed by atoms with Crippen LogP contribution in [-0.4, -0.2) is 46.4 Å². The van der Waals surface area contributed by atoms with Crippen molar-refractivity contribution in [3.05, 3.63) is 72.0 Å². The molecule has 0 spiro atoms. The number of alkyl halides is 3. The van der Waals surface area contributed by atoms with Gasteiger partial charge in [0.1, 0.15) is 11.3 Å². The van der Waals surface area contributed by atoms with Gasteiger partial charge in [-0.25, -0.2) is 0 Å². The fraction of sp³-hybridized carbons (Fsp3) is 0.200. The summed E-state index contributed by atoms with van der Waals surface area (Å²) in [6.07, 6.45) is 0. The Kier molecular flexibility index (Phi) is 7.59. The largest absolute Gasteiger partial charge is 0.512 e. The van der Waals surface area contributed by atoms with Crippen LogP contribution in [0.25, 0.3) is 0 Å². The molecule has 146 valence electrons. The molecule has 0 heterocycles. The van der Waals surface area contributed by atoms with E-state index < -0.39 is 16.5 Å². The minimum Gasteiger partial charge on any atom is -0.512 e. The van der Waals surface area contributed by atoms with Gasteiger partial charge in [-0.3, -0.25) is 4.79 Å². The van der Waals surface area contributed by atoms with Crippen LogP contribution < -0.4 is 10.9 Å². The number of hydrogen-bond donors (Lipinski definition) is 1. The molecule has 0 atom stereocenters. The van der Waals surface area contributed by atoms with Gasteiger partial charge in [0, 0.05) is 14.1 Å². The summed E-state index contributed by atoms with van der Waals surface area (Å²) in [5, 5.41) is 10.2. The number of aliphatic hydroxyl groups excluding tert-OH is 1. The van der Waals surface area contributed by atoms with Gasteiger partial charge in [-0.15, -0.1) is 0 Å². The molecule has 2 aromatic carbocycles. The Morgan fingerprint density at radius 2 is 1.39 bits per heavy atom. The summed E-state index contributed by atoms with van der Waals surface area (Å²) in [6.45, 7) is 0.834. The highest BCUT2D eigenvalue weighted by Gasteiger charge is 2.37. The van der Waals surface area contributed by atoms with Gasteiger partial charge >= 0.3 is 6.85 Å². The van der Waals surface area contributed by atoms with E-state index in [1.165, 1.54) is 11.8 Å². The van der Waals surface area contributed by atoms with E-state index in [2.05, 4.69) is 4.90 Å². The fourth-order valence-electron chi connectivity index (χ4n) is 2.67. The number of aliphatic hydroxyl groups is 1. The maximum atomic E-state index is 12.7. The SMILES string of the molecule is CC(O)=C(C(=O)N(C)C)C(=NB(c1ccccc1)c1ccccc1)C(Cl)(Cl)Cl. The Labute approximate surface area is 180 Å². The number of amides is 1. The van der Waals surface area contributed by atoms with Gasteiger partial charge in [0.2, 0.25) is 3.79 Å². The Hall–Kier alpha value is -1.95. The summed E-state index contributed by atoms with van der Waals surface area (Å²) >= 11 is 18.6. The smallest absolute Gasteiger partial charge is 0.344 e. The van der Waals surface area contributed by atoms with Gasteiger partial charge in [-0.2, -0.15) is 0 Å². The van der Waals surface area contributed by atoms with Gasteiger partial charge < -0.3 is 14.9 Å². The van der Waals surface area contributed by atoms with Crippen LogP contribution in [0.1, 0.15) is 6.92 Å². The second kappa shape index (κ2) is 9.50. The van der Waals surface area contributed by atoms with E-state index in [0.29, 0.717) is 0 Å². The van der Waals surface area contributed by atoms with Crippen LogP contribution in [-0.2, 0) is 4.79 Å². The molecule has 2 aromatic rings. The van der Waals surface area contributed by atoms with Crippen LogP contribution >= 0.6 is 34.8 Å². The molecule has 0 saturated carbocycles. The zero-order valence-corrected chi connectivity index (χ0v) is 18.0. The monoisotopic (exact) mass is 436 g/mol. The summed E-state index contributed by atoms with van der Waals surface area (Å²) < 4.78 is -2.02. The molecule has 0 aliphatic heterocycles. The van der Waals surface area contributed by atoms with Crippen molar-refractivity contribution in [2.75, 3.05) is 14.1 Å². The van der Waals surface area contributed by atoms with Crippen molar-refractivity contribution in [2.24, 2.45) is 4.90 Å². The summed E-state index contributed by atoms with van der Waals surface area (Å²) in [5.41, 5.74) is 1.45. The third-order valence-corrected chi connectivity index (χ3v) is 4.51. The molecule has 1 N–H and O–H groups in total. The van der Waals surface area contributed by atoms with Gasteiger partial charge in [0.25, 0.3) is 5.91 Å². The van der Waals surface area contributed by atoms with Crippen LogP contribution in [0.4, 0.5) is 0 Å². The first kappa shape index (κ1) is 22.3. The highest BCUT2D eigenvalue weighted by Crippen LogP contribution is 2.33. The van der Waals surface area contributed by atoms with E-state index in [-0.39, 0.29) is 17.0 Å². The first-order valence-corrected chi connectivity index (χ1v) is 9.63. The van der Waals surface area contributed by atoms with E-state index >= 15 is 0 Å². The van der Waals surface area contributed by atoms with Crippen LogP contribution in [0.3, 0.4) is 0 Å². The van der Waals surface area contributed by atoms with Crippen molar-refractivity contribution in [3.63, 3.8) is 0 Å². The molecule has 4 nitrogen and oxygen atoms in total. The molecule has 0 unspecified atom stereocenters. The minimum atomic E-state index is -2.02. The highest BCUT2D eigenvalue weighted by atomic mass is 35.6. The minimum absolute atomic E-state index is 0.117. The fourth-order valence-corrected chi connectivity index (χ4v) is 3.10. The number of likely N-dealkylation sites (N-methyl/N-ethyl adjacent to an activating group) is 1. The van der Waals surface area contributed by atoms with E-state index in [1.807, 2.05) is 60.7 Å². The Morgan fingerprint density at radius 1 is 0.964 bits per heavy atom. The Balaban J connectivity index is 2.74. The van der Waals surface area contributed by atoms with Crippen molar-refractivity contribution < 1.29 is 9.90 Å². The molecule has 0 aromatic heterocycles. The molecule has 0 aliphatic carbocycles. The molecule has 0 bridgehead atoms. The van der Waals surface area contributed by atoms with E-state index in [0.717, 1.165) is 10.9 Å². The van der Waals surface area contributed by atoms with Crippen molar-refractivity contribution in [1.82, 2.24) is 4.90 Å². The quantitative estimate of drug-likeness (QED) is 0.256. The molecular formula is C20H20BCl3N2O2. The molecule has 2 rings (SSSR count). The standard InChI is InChI=1S/C20H20BCl3N2O2/c1-14(27)17(19(28)26(2)3)18(20(22,23)24)25-21(15-10-6-4-7-11-15)16-12-8-5-9-13-16/h4-13,27H,1-3H3. The topological polar surface area (TPSA) is 52.9 Å². The predicted octanol–water partition coefficient (Wildman–Crippen LogP) is 3.52. The molecule has 1 amide bonds. The Morgan fingerprint density at radius 3 is 1.71 bits per heavy atom. The second-order valence-electron chi connectivity index (χ2n) is 6.36. The van der Waals surface area contributed by atoms with Gasteiger partial charge in [-0.1, -0.05) is 95.5 Å². The van der Waals surface area contributed by atoms with Gasteiger partial charge in [0.15, 0.2) is 0 Å². The lowest BCUT2D eigenvalue weighted by Crippen LogP contribution is -2.44. The third kappa shape index (κ3) is 5.54. The van der Waals surface area contributed by atoms with Crippen LogP contribution in [0.2, 0.25) is 0 Å². The number of allylic oxidation sites excluding steroid dienone is 1. The lowest BCUT2D eigenvalue weighted by molar-refractivity contribution is -0.124. The molecule has 8 heteroatoms. The van der Waals surface area contributed by atoms with Gasteiger partial charge in [-0.05, 0) is 17.8 Å². The Bertz CT molecular complexity index is 836. The molecule has 28 heavy (non-hydrogen) atoms. The first-order chi connectivity index (χ1) is 13.1. The maximum Gasteiger partial charge on any atom is 0.344 e.